The number of rotatable bonds is 9. The molecule has 0 N–H and O–H groups in total. The number of benzene rings is 5. The zero-order valence-corrected chi connectivity index (χ0v) is 30.8. The molecule has 0 fully saturated rings. The summed E-state index contributed by atoms with van der Waals surface area (Å²) in [4.78, 5) is 65.9. The number of hydrogen-bond acceptors (Lipinski definition) is 8. The quantitative estimate of drug-likeness (QED) is 0.139. The number of ketones is 6. The first-order chi connectivity index (χ1) is 24.7. The Morgan fingerprint density at radius 1 is 0.327 bits per heavy atom. The summed E-state index contributed by atoms with van der Waals surface area (Å²) in [6, 6.07) is 35.8. The molecule has 52 heavy (non-hydrogen) atoms. The smallest absolute Gasteiger partial charge is 0.159 e. The molecule has 0 amide bonds. The Hall–Kier alpha value is -6.28. The van der Waals surface area contributed by atoms with Crippen LogP contribution in [0, 0.1) is 0 Å². The molecule has 8 heteroatoms. The minimum atomic E-state index is -0.0156. The Bertz CT molecular complexity index is 1830. The molecule has 0 heterocycles. The molecule has 0 unspecified atom stereocenters. The normalized spacial score (nSPS) is 9.62. The van der Waals surface area contributed by atoms with Crippen molar-refractivity contribution in [2.75, 3.05) is 14.2 Å². The minimum Gasteiger partial charge on any atom is -0.497 e. The van der Waals surface area contributed by atoms with Gasteiger partial charge in [0.1, 0.15) is 11.5 Å². The summed E-state index contributed by atoms with van der Waals surface area (Å²) in [5, 5.41) is 0. The van der Waals surface area contributed by atoms with E-state index in [0.717, 1.165) is 22.6 Å². The fourth-order valence-corrected chi connectivity index (χ4v) is 4.40. The van der Waals surface area contributed by atoms with Crippen LogP contribution in [0.2, 0.25) is 0 Å². The van der Waals surface area contributed by atoms with Crippen molar-refractivity contribution in [3.8, 4) is 22.6 Å². The molecule has 0 spiro atoms. The average Bonchev–Trinajstić information content (AvgIpc) is 3.15. The van der Waals surface area contributed by atoms with E-state index in [2.05, 4.69) is 0 Å². The van der Waals surface area contributed by atoms with Gasteiger partial charge in [0, 0.05) is 33.4 Å². The van der Waals surface area contributed by atoms with Crippen molar-refractivity contribution in [3.05, 3.63) is 155 Å². The van der Waals surface area contributed by atoms with Gasteiger partial charge < -0.3 is 9.47 Å². The van der Waals surface area contributed by atoms with Gasteiger partial charge in [-0.1, -0.05) is 91.0 Å². The van der Waals surface area contributed by atoms with Crippen molar-refractivity contribution in [3.63, 3.8) is 0 Å². The van der Waals surface area contributed by atoms with E-state index in [1.807, 2.05) is 72.8 Å². The Morgan fingerprint density at radius 3 is 0.769 bits per heavy atom. The lowest BCUT2D eigenvalue weighted by Gasteiger charge is -2.03. The summed E-state index contributed by atoms with van der Waals surface area (Å²) in [6.45, 7) is 9.08. The third-order valence-corrected chi connectivity index (χ3v) is 7.58. The second-order valence-electron chi connectivity index (χ2n) is 11.5. The van der Waals surface area contributed by atoms with Gasteiger partial charge in [-0.25, -0.2) is 0 Å². The van der Waals surface area contributed by atoms with E-state index in [1.165, 1.54) is 27.7 Å². The SMILES string of the molecule is CC(=O)c1ccc(-c2ccc(C(C)=O)cc2)cc1.CC(=O)c1ccc(C(C)=O)cc1.CC(=O)c1cccc(C(C)=O)c1.COc1ccc(OC)cc1. The fourth-order valence-electron chi connectivity index (χ4n) is 4.40. The highest BCUT2D eigenvalue weighted by Crippen LogP contribution is 2.21. The maximum Gasteiger partial charge on any atom is 0.159 e. The van der Waals surface area contributed by atoms with Crippen LogP contribution in [-0.2, 0) is 0 Å². The number of carbonyl (C=O) groups is 6. The summed E-state index contributed by atoms with van der Waals surface area (Å²) in [6.07, 6.45) is 0. The fraction of sp³-hybridized carbons (Fsp3) is 0.182. The van der Waals surface area contributed by atoms with E-state index in [9.17, 15) is 28.8 Å². The molecule has 0 atom stereocenters. The van der Waals surface area contributed by atoms with Crippen LogP contribution in [0.15, 0.2) is 121 Å². The van der Waals surface area contributed by atoms with Gasteiger partial charge in [-0.2, -0.15) is 0 Å². The second-order valence-corrected chi connectivity index (χ2v) is 11.5. The van der Waals surface area contributed by atoms with Gasteiger partial charge in [0.15, 0.2) is 34.7 Å². The highest BCUT2D eigenvalue weighted by molar-refractivity contribution is 6.00. The topological polar surface area (TPSA) is 121 Å². The summed E-state index contributed by atoms with van der Waals surface area (Å²) >= 11 is 0. The van der Waals surface area contributed by atoms with Crippen LogP contribution in [-0.4, -0.2) is 48.9 Å². The van der Waals surface area contributed by atoms with E-state index < -0.39 is 0 Å². The Morgan fingerprint density at radius 2 is 0.558 bits per heavy atom. The Balaban J connectivity index is 0.000000247. The van der Waals surface area contributed by atoms with E-state index in [4.69, 9.17) is 9.47 Å². The first-order valence-corrected chi connectivity index (χ1v) is 16.3. The zero-order valence-electron chi connectivity index (χ0n) is 30.8. The third kappa shape index (κ3) is 13.9. The molecule has 8 nitrogen and oxygen atoms in total. The van der Waals surface area contributed by atoms with Gasteiger partial charge in [0.25, 0.3) is 0 Å². The highest BCUT2D eigenvalue weighted by Gasteiger charge is 2.04. The molecule has 0 aliphatic rings. The molecule has 0 saturated heterocycles. The molecule has 5 aromatic carbocycles. The van der Waals surface area contributed by atoms with Crippen LogP contribution < -0.4 is 9.47 Å². The molecule has 0 aliphatic carbocycles. The van der Waals surface area contributed by atoms with Crippen LogP contribution in [0.3, 0.4) is 0 Å². The standard InChI is InChI=1S/C16H14O2.2C10H10O2.C8H10O2/c1-11(17)13-3-7-15(8-4-13)16-9-5-14(6-10-16)12(2)18;1-7(11)9-3-5-10(6-4-9)8(2)12;1-7(11)9-4-3-5-10(6-9)8(2)12;1-9-7-3-5-8(10-2)6-4-7/h3-10H,1-2H3;2*3-6H,1-2H3;3-6H,1-2H3. The molecule has 0 aromatic heterocycles. The van der Waals surface area contributed by atoms with Crippen molar-refractivity contribution < 1.29 is 38.2 Å². The van der Waals surface area contributed by atoms with Gasteiger partial charge in [-0.3, -0.25) is 28.8 Å². The maximum absolute atomic E-state index is 11.2. The van der Waals surface area contributed by atoms with Gasteiger partial charge in [-0.05, 0) is 83.0 Å². The molecular weight excluding hydrogens is 656 g/mol. The van der Waals surface area contributed by atoms with Crippen molar-refractivity contribution in [1.82, 2.24) is 0 Å². The molecule has 0 saturated carbocycles. The van der Waals surface area contributed by atoms with Crippen molar-refractivity contribution in [2.45, 2.75) is 41.5 Å². The maximum atomic E-state index is 11.2. The van der Waals surface area contributed by atoms with Crippen molar-refractivity contribution >= 4 is 34.7 Å². The lowest BCUT2D eigenvalue weighted by Crippen LogP contribution is -1.96. The van der Waals surface area contributed by atoms with E-state index in [0.29, 0.717) is 33.4 Å². The summed E-state index contributed by atoms with van der Waals surface area (Å²) in [5.74, 6) is 1.83. The molecule has 5 rings (SSSR count). The monoisotopic (exact) mass is 700 g/mol. The molecule has 0 aliphatic heterocycles. The molecule has 5 aromatic rings. The van der Waals surface area contributed by atoms with Gasteiger partial charge >= 0.3 is 0 Å². The van der Waals surface area contributed by atoms with Crippen LogP contribution in [0.25, 0.3) is 11.1 Å². The predicted molar refractivity (Wildman–Crippen MR) is 204 cm³/mol. The van der Waals surface area contributed by atoms with E-state index in [-0.39, 0.29) is 34.7 Å². The summed E-state index contributed by atoms with van der Waals surface area (Å²) in [5.41, 5.74) is 5.94. The molecule has 268 valence electrons. The highest BCUT2D eigenvalue weighted by atomic mass is 16.5. The second kappa shape index (κ2) is 21.1. The van der Waals surface area contributed by atoms with Gasteiger partial charge in [0.2, 0.25) is 0 Å². The van der Waals surface area contributed by atoms with Crippen LogP contribution in [0.5, 0.6) is 11.5 Å². The van der Waals surface area contributed by atoms with Crippen molar-refractivity contribution in [2.24, 2.45) is 0 Å². The number of carbonyl (C=O) groups excluding carboxylic acids is 6. The number of hydrogen-bond donors (Lipinski definition) is 0. The predicted octanol–water partition coefficient (Wildman–Crippen LogP) is 9.65. The Labute approximate surface area is 305 Å². The molecule has 0 bridgehead atoms. The van der Waals surface area contributed by atoms with E-state index >= 15 is 0 Å². The first kappa shape index (κ1) is 41.9. The summed E-state index contributed by atoms with van der Waals surface area (Å²) < 4.78 is 9.92. The van der Waals surface area contributed by atoms with Crippen molar-refractivity contribution in [1.29, 1.82) is 0 Å². The first-order valence-electron chi connectivity index (χ1n) is 16.3. The van der Waals surface area contributed by atoms with Crippen LogP contribution >= 0.6 is 0 Å². The van der Waals surface area contributed by atoms with Crippen LogP contribution in [0.4, 0.5) is 0 Å². The van der Waals surface area contributed by atoms with E-state index in [1.54, 1.807) is 76.6 Å². The third-order valence-electron chi connectivity index (χ3n) is 7.58. The Kier molecular flexibility index (Phi) is 17.0. The van der Waals surface area contributed by atoms with Gasteiger partial charge in [-0.15, -0.1) is 0 Å². The molecular formula is C44H44O8. The minimum absolute atomic E-state index is 0.0156. The number of ether oxygens (including phenoxy) is 2. The van der Waals surface area contributed by atoms with Crippen LogP contribution in [0.1, 0.15) is 104 Å². The summed E-state index contributed by atoms with van der Waals surface area (Å²) in [7, 11) is 3.28. The lowest BCUT2D eigenvalue weighted by atomic mass is 10.0. The van der Waals surface area contributed by atoms with Gasteiger partial charge in [0.05, 0.1) is 14.2 Å². The zero-order chi connectivity index (χ0) is 38.8. The average molecular weight is 701 g/mol. The number of methoxy groups -OCH3 is 2. The molecule has 0 radical (unpaired) electrons. The lowest BCUT2D eigenvalue weighted by molar-refractivity contribution is 0.100. The number of Topliss-reactive ketones (excluding diaryl/α,β-unsaturated/α-hetero) is 6. The largest absolute Gasteiger partial charge is 0.497 e.